The number of carbonyl (C=O) groups is 1. The van der Waals surface area contributed by atoms with Crippen LogP contribution in [0.1, 0.15) is 26.2 Å². The van der Waals surface area contributed by atoms with Crippen molar-refractivity contribution >= 4 is 6.29 Å². The van der Waals surface area contributed by atoms with Gasteiger partial charge in [0.05, 0.1) is 0 Å². The van der Waals surface area contributed by atoms with Crippen LogP contribution in [0.4, 0.5) is 0 Å². The molecule has 0 saturated heterocycles. The van der Waals surface area contributed by atoms with Crippen LogP contribution < -0.4 is 0 Å². The Morgan fingerprint density at radius 3 is 2.67 bits per heavy atom. The second-order valence-electron chi connectivity index (χ2n) is 3.60. The van der Waals surface area contributed by atoms with Crippen LogP contribution in [-0.2, 0) is 4.79 Å². The van der Waals surface area contributed by atoms with Crippen molar-refractivity contribution in [2.75, 3.05) is 0 Å². The van der Waals surface area contributed by atoms with Crippen LogP contribution in [0.25, 0.3) is 0 Å². The van der Waals surface area contributed by atoms with Crippen molar-refractivity contribution in [2.24, 2.45) is 11.8 Å². The molecule has 0 aromatic heterocycles. The number of hydrogen-bond acceptors (Lipinski definition) is 1. The lowest BCUT2D eigenvalue weighted by atomic mass is 9.97. The van der Waals surface area contributed by atoms with Crippen molar-refractivity contribution in [2.45, 2.75) is 26.2 Å². The lowest BCUT2D eigenvalue weighted by Gasteiger charge is -2.07. The summed E-state index contributed by atoms with van der Waals surface area (Å²) in [7, 11) is 0. The molecule has 0 unspecified atom stereocenters. The molecular weight excluding hydrogens is 148 g/mol. The third-order valence-electron chi connectivity index (χ3n) is 2.43. The van der Waals surface area contributed by atoms with Gasteiger partial charge in [0.25, 0.3) is 0 Å². The summed E-state index contributed by atoms with van der Waals surface area (Å²) in [6.45, 7) is 5.77. The fourth-order valence-corrected chi connectivity index (χ4v) is 1.71. The smallest absolute Gasteiger partial charge is 0.123 e. The highest BCUT2D eigenvalue weighted by atomic mass is 16.1. The molecule has 1 nitrogen and oxygen atoms in total. The van der Waals surface area contributed by atoms with Gasteiger partial charge in [-0.2, -0.15) is 0 Å². The van der Waals surface area contributed by atoms with E-state index in [0.29, 0.717) is 5.92 Å². The fourth-order valence-electron chi connectivity index (χ4n) is 1.71. The summed E-state index contributed by atoms with van der Waals surface area (Å²) in [5.74, 6) is 0.736. The number of hydrogen-bond donors (Lipinski definition) is 0. The van der Waals surface area contributed by atoms with Gasteiger partial charge in [-0.05, 0) is 25.7 Å². The first-order valence-electron chi connectivity index (χ1n) is 4.53. The second-order valence-corrected chi connectivity index (χ2v) is 3.60. The van der Waals surface area contributed by atoms with Gasteiger partial charge in [-0.15, -0.1) is 0 Å². The van der Waals surface area contributed by atoms with E-state index in [-0.39, 0.29) is 5.92 Å². The average Bonchev–Trinajstić information content (AvgIpc) is 2.47. The maximum atomic E-state index is 10.6. The Hall–Kier alpha value is -0.850. The van der Waals surface area contributed by atoms with E-state index in [4.69, 9.17) is 0 Å². The van der Waals surface area contributed by atoms with Crippen molar-refractivity contribution in [1.29, 1.82) is 0 Å². The van der Waals surface area contributed by atoms with Gasteiger partial charge >= 0.3 is 0 Å². The van der Waals surface area contributed by atoms with E-state index in [1.165, 1.54) is 6.42 Å². The van der Waals surface area contributed by atoms with Crippen molar-refractivity contribution in [1.82, 2.24) is 0 Å². The number of aldehydes is 1. The molecule has 0 N–H and O–H groups in total. The van der Waals surface area contributed by atoms with Gasteiger partial charge in [0.1, 0.15) is 6.29 Å². The third kappa shape index (κ3) is 2.33. The highest BCUT2D eigenvalue weighted by Crippen LogP contribution is 2.31. The molecule has 0 aliphatic heterocycles. The summed E-state index contributed by atoms with van der Waals surface area (Å²) in [6, 6.07) is 0. The lowest BCUT2D eigenvalue weighted by molar-refractivity contribution is -0.111. The highest BCUT2D eigenvalue weighted by molar-refractivity contribution is 5.55. The summed E-state index contributed by atoms with van der Waals surface area (Å²) in [5, 5.41) is 0. The zero-order chi connectivity index (χ0) is 8.97. The van der Waals surface area contributed by atoms with Crippen molar-refractivity contribution in [3.05, 3.63) is 24.3 Å². The molecule has 0 radical (unpaired) electrons. The zero-order valence-corrected chi connectivity index (χ0v) is 7.62. The van der Waals surface area contributed by atoms with Crippen molar-refractivity contribution < 1.29 is 4.79 Å². The standard InChI is InChI=1S/C11H16O/c1-9(2)6-7-10-4-3-5-11(10)8-12/h6-8,10-11H,1,3-5H2,2H3/b7-6+/t10-,11+/m0/s1. The SMILES string of the molecule is C=C(C)/C=C/[C@@H]1CCC[C@@H]1C=O. The highest BCUT2D eigenvalue weighted by Gasteiger charge is 2.23. The van der Waals surface area contributed by atoms with Crippen LogP contribution >= 0.6 is 0 Å². The van der Waals surface area contributed by atoms with E-state index in [2.05, 4.69) is 12.7 Å². The fraction of sp³-hybridized carbons (Fsp3) is 0.545. The minimum atomic E-state index is 0.264. The molecule has 0 aromatic rings. The molecule has 1 aliphatic rings. The van der Waals surface area contributed by atoms with Crippen LogP contribution in [0.2, 0.25) is 0 Å². The molecule has 1 saturated carbocycles. The van der Waals surface area contributed by atoms with Gasteiger partial charge in [0.2, 0.25) is 0 Å². The summed E-state index contributed by atoms with van der Waals surface area (Å²) >= 11 is 0. The first kappa shape index (κ1) is 9.24. The Morgan fingerprint density at radius 2 is 2.08 bits per heavy atom. The van der Waals surface area contributed by atoms with Gasteiger partial charge < -0.3 is 4.79 Å². The Kier molecular flexibility index (Phi) is 3.27. The monoisotopic (exact) mass is 164 g/mol. The van der Waals surface area contributed by atoms with Crippen LogP contribution in [0, 0.1) is 11.8 Å². The van der Waals surface area contributed by atoms with Gasteiger partial charge in [-0.3, -0.25) is 0 Å². The van der Waals surface area contributed by atoms with Gasteiger partial charge in [-0.1, -0.05) is 30.7 Å². The molecule has 66 valence electrons. The summed E-state index contributed by atoms with van der Waals surface area (Å²) in [4.78, 5) is 10.6. The Bertz CT molecular complexity index is 203. The number of carbonyl (C=O) groups excluding carboxylic acids is 1. The predicted molar refractivity (Wildman–Crippen MR) is 50.8 cm³/mol. The van der Waals surface area contributed by atoms with Gasteiger partial charge in [0, 0.05) is 5.92 Å². The number of allylic oxidation sites excluding steroid dienone is 3. The maximum absolute atomic E-state index is 10.6. The summed E-state index contributed by atoms with van der Waals surface area (Å²) in [6.07, 6.45) is 8.66. The van der Waals surface area contributed by atoms with E-state index < -0.39 is 0 Å². The van der Waals surface area contributed by atoms with Crippen LogP contribution in [0.5, 0.6) is 0 Å². The molecule has 1 heteroatoms. The zero-order valence-electron chi connectivity index (χ0n) is 7.62. The molecule has 1 aliphatic carbocycles. The maximum Gasteiger partial charge on any atom is 0.123 e. The predicted octanol–water partition coefficient (Wildman–Crippen LogP) is 2.73. The van der Waals surface area contributed by atoms with Gasteiger partial charge in [0.15, 0.2) is 0 Å². The second kappa shape index (κ2) is 4.24. The minimum Gasteiger partial charge on any atom is -0.303 e. The van der Waals surface area contributed by atoms with E-state index in [9.17, 15) is 4.79 Å². The Balaban J connectivity index is 2.50. The molecule has 12 heavy (non-hydrogen) atoms. The van der Waals surface area contributed by atoms with Gasteiger partial charge in [-0.25, -0.2) is 0 Å². The molecular formula is C11H16O. The molecule has 0 aromatic carbocycles. The third-order valence-corrected chi connectivity index (χ3v) is 2.43. The Labute approximate surface area is 74.2 Å². The molecule has 1 fully saturated rings. The Morgan fingerprint density at radius 1 is 1.42 bits per heavy atom. The average molecular weight is 164 g/mol. The normalized spacial score (nSPS) is 29.4. The van der Waals surface area contributed by atoms with E-state index in [1.54, 1.807) is 0 Å². The topological polar surface area (TPSA) is 17.1 Å². The van der Waals surface area contributed by atoms with Crippen LogP contribution in [-0.4, -0.2) is 6.29 Å². The molecule has 0 amide bonds. The largest absolute Gasteiger partial charge is 0.303 e. The van der Waals surface area contributed by atoms with Crippen molar-refractivity contribution in [3.63, 3.8) is 0 Å². The van der Waals surface area contributed by atoms with Crippen molar-refractivity contribution in [3.8, 4) is 0 Å². The first-order chi connectivity index (χ1) is 5.74. The van der Waals surface area contributed by atoms with E-state index >= 15 is 0 Å². The van der Waals surface area contributed by atoms with Crippen LogP contribution in [0.15, 0.2) is 24.3 Å². The lowest BCUT2D eigenvalue weighted by Crippen LogP contribution is -2.05. The quantitative estimate of drug-likeness (QED) is 0.463. The van der Waals surface area contributed by atoms with E-state index in [0.717, 1.165) is 24.7 Å². The molecule has 2 atom stereocenters. The van der Waals surface area contributed by atoms with Crippen LogP contribution in [0.3, 0.4) is 0 Å². The molecule has 1 rings (SSSR count). The number of rotatable bonds is 3. The molecule has 0 spiro atoms. The minimum absolute atomic E-state index is 0.264. The first-order valence-corrected chi connectivity index (χ1v) is 4.53. The summed E-state index contributed by atoms with van der Waals surface area (Å²) in [5.41, 5.74) is 1.06. The molecule has 0 heterocycles. The molecule has 0 bridgehead atoms. The summed E-state index contributed by atoms with van der Waals surface area (Å²) < 4.78 is 0. The van der Waals surface area contributed by atoms with E-state index in [1.807, 2.05) is 13.0 Å².